The zero-order chi connectivity index (χ0) is 26.3. The summed E-state index contributed by atoms with van der Waals surface area (Å²) in [6, 6.07) is 2.74. The lowest BCUT2D eigenvalue weighted by Gasteiger charge is -2.16. The van der Waals surface area contributed by atoms with E-state index in [0.29, 0.717) is 28.1 Å². The van der Waals surface area contributed by atoms with Crippen LogP contribution in [0, 0.1) is 0 Å². The first kappa shape index (κ1) is 24.6. The second kappa shape index (κ2) is 9.44. The second-order valence-corrected chi connectivity index (χ2v) is 10.8. The van der Waals surface area contributed by atoms with E-state index in [0.717, 1.165) is 12.8 Å². The van der Waals surface area contributed by atoms with Gasteiger partial charge >= 0.3 is 0 Å². The van der Waals surface area contributed by atoms with Crippen molar-refractivity contribution in [2.24, 2.45) is 0 Å². The molecule has 0 amide bonds. The summed E-state index contributed by atoms with van der Waals surface area (Å²) in [6.45, 7) is 3.85. The van der Waals surface area contributed by atoms with Crippen molar-refractivity contribution in [3.05, 3.63) is 52.6 Å². The standard InChI is InChI=1S/C23H25N9O4S/c1-12(2)32-21-16(10-27-19(31-21)17-18(13-4-5-13)28-11-29-22(17)33)30-20(23(32)34)26-8-14-6-7-15(9-25-14)37(35,36)24-3/h6-7,9-13,24H,4-5,8H2,1-3H3,(H,26,30)(H,28,29,33). The first-order valence-corrected chi connectivity index (χ1v) is 13.1. The number of sulfonamides is 1. The summed E-state index contributed by atoms with van der Waals surface area (Å²) < 4.78 is 27.5. The monoisotopic (exact) mass is 523 g/mol. The normalized spacial score (nSPS) is 13.8. The van der Waals surface area contributed by atoms with E-state index >= 15 is 0 Å². The smallest absolute Gasteiger partial charge is 0.295 e. The minimum atomic E-state index is -3.59. The SMILES string of the molecule is CNS(=O)(=O)c1ccc(CNc2nc3cnc(-c4c(O)ncnc4C4CC4)nc3n(C(C)C)c2=O)nc1. The van der Waals surface area contributed by atoms with Gasteiger partial charge in [-0.2, -0.15) is 0 Å². The molecule has 192 valence electrons. The summed E-state index contributed by atoms with van der Waals surface area (Å²) in [7, 11) is -2.27. The molecule has 0 aliphatic heterocycles. The highest BCUT2D eigenvalue weighted by Crippen LogP contribution is 2.44. The van der Waals surface area contributed by atoms with Gasteiger partial charge in [-0.05, 0) is 45.9 Å². The van der Waals surface area contributed by atoms with E-state index in [1.165, 1.54) is 36.4 Å². The third-order valence-electron chi connectivity index (χ3n) is 6.01. The second-order valence-electron chi connectivity index (χ2n) is 8.91. The molecule has 0 aromatic carbocycles. The summed E-state index contributed by atoms with van der Waals surface area (Å²) in [5.74, 6) is 0.323. The predicted molar refractivity (Wildman–Crippen MR) is 134 cm³/mol. The predicted octanol–water partition coefficient (Wildman–Crippen LogP) is 1.72. The van der Waals surface area contributed by atoms with Crippen molar-refractivity contribution in [2.45, 2.75) is 50.1 Å². The number of fused-ring (bicyclic) bond motifs is 1. The van der Waals surface area contributed by atoms with Crippen molar-refractivity contribution < 1.29 is 13.5 Å². The van der Waals surface area contributed by atoms with Crippen molar-refractivity contribution in [1.29, 1.82) is 0 Å². The van der Waals surface area contributed by atoms with Gasteiger partial charge < -0.3 is 10.4 Å². The zero-order valence-corrected chi connectivity index (χ0v) is 21.2. The van der Waals surface area contributed by atoms with Gasteiger partial charge in [0.25, 0.3) is 5.56 Å². The average Bonchev–Trinajstić information content (AvgIpc) is 3.73. The molecule has 1 fully saturated rings. The van der Waals surface area contributed by atoms with Crippen LogP contribution >= 0.6 is 0 Å². The summed E-state index contributed by atoms with van der Waals surface area (Å²) in [4.78, 5) is 39.2. The Kier molecular flexibility index (Phi) is 6.29. The van der Waals surface area contributed by atoms with Crippen LogP contribution in [0.25, 0.3) is 22.6 Å². The molecular weight excluding hydrogens is 498 g/mol. The molecule has 1 aliphatic carbocycles. The number of hydrogen-bond donors (Lipinski definition) is 3. The molecule has 1 aliphatic rings. The zero-order valence-electron chi connectivity index (χ0n) is 20.4. The van der Waals surface area contributed by atoms with E-state index in [9.17, 15) is 18.3 Å². The van der Waals surface area contributed by atoms with E-state index in [4.69, 9.17) is 0 Å². The van der Waals surface area contributed by atoms with Crippen LogP contribution in [0.4, 0.5) is 5.82 Å². The van der Waals surface area contributed by atoms with Crippen molar-refractivity contribution in [3.63, 3.8) is 0 Å². The molecule has 4 aromatic heterocycles. The van der Waals surface area contributed by atoms with Gasteiger partial charge in [-0.3, -0.25) is 14.3 Å². The molecule has 0 atom stereocenters. The average molecular weight is 524 g/mol. The Hall–Kier alpha value is -4.04. The van der Waals surface area contributed by atoms with Crippen LogP contribution in [-0.4, -0.2) is 55.0 Å². The Morgan fingerprint density at radius 2 is 1.89 bits per heavy atom. The Balaban J connectivity index is 1.51. The maximum absolute atomic E-state index is 13.4. The van der Waals surface area contributed by atoms with Gasteiger partial charge in [0.15, 0.2) is 17.3 Å². The molecule has 4 heterocycles. The quantitative estimate of drug-likeness (QED) is 0.306. The van der Waals surface area contributed by atoms with Crippen molar-refractivity contribution in [1.82, 2.24) is 39.2 Å². The third kappa shape index (κ3) is 4.72. The van der Waals surface area contributed by atoms with Crippen LogP contribution in [-0.2, 0) is 16.6 Å². The van der Waals surface area contributed by atoms with Crippen LogP contribution in [0.2, 0.25) is 0 Å². The lowest BCUT2D eigenvalue weighted by molar-refractivity contribution is 0.452. The molecule has 0 saturated heterocycles. The topological polar surface area (TPSA) is 178 Å². The van der Waals surface area contributed by atoms with E-state index in [1.807, 2.05) is 13.8 Å². The fraction of sp³-hybridized carbons (Fsp3) is 0.348. The number of rotatable bonds is 8. The molecule has 37 heavy (non-hydrogen) atoms. The van der Waals surface area contributed by atoms with Crippen molar-refractivity contribution in [3.8, 4) is 17.3 Å². The number of anilines is 1. The van der Waals surface area contributed by atoms with Crippen LogP contribution < -0.4 is 15.6 Å². The molecule has 0 bridgehead atoms. The molecule has 5 rings (SSSR count). The molecule has 0 unspecified atom stereocenters. The fourth-order valence-corrected chi connectivity index (χ4v) is 4.63. The van der Waals surface area contributed by atoms with Crippen LogP contribution in [0.3, 0.4) is 0 Å². The molecular formula is C23H25N9O4S. The highest BCUT2D eigenvalue weighted by Gasteiger charge is 2.31. The summed E-state index contributed by atoms with van der Waals surface area (Å²) in [5.41, 5.74) is 1.89. The first-order chi connectivity index (χ1) is 17.7. The van der Waals surface area contributed by atoms with E-state index in [1.54, 1.807) is 6.07 Å². The van der Waals surface area contributed by atoms with Gasteiger partial charge in [-0.1, -0.05) is 0 Å². The molecule has 4 aromatic rings. The Labute approximate surface area is 212 Å². The lowest BCUT2D eigenvalue weighted by atomic mass is 10.1. The maximum Gasteiger partial charge on any atom is 0.295 e. The van der Waals surface area contributed by atoms with Gasteiger partial charge in [-0.15, -0.1) is 0 Å². The minimum absolute atomic E-state index is 0.0393. The molecule has 0 radical (unpaired) electrons. The number of aromatic nitrogens is 7. The summed E-state index contributed by atoms with van der Waals surface area (Å²) >= 11 is 0. The Bertz CT molecular complexity index is 1650. The maximum atomic E-state index is 13.4. The number of nitrogens with zero attached hydrogens (tertiary/aromatic N) is 7. The Morgan fingerprint density at radius 1 is 1.11 bits per heavy atom. The van der Waals surface area contributed by atoms with Gasteiger partial charge in [0, 0.05) is 18.2 Å². The largest absolute Gasteiger partial charge is 0.493 e. The molecule has 13 nitrogen and oxygen atoms in total. The molecule has 14 heteroatoms. The molecule has 0 spiro atoms. The van der Waals surface area contributed by atoms with Gasteiger partial charge in [-0.25, -0.2) is 38.1 Å². The molecule has 1 saturated carbocycles. The van der Waals surface area contributed by atoms with Crippen LogP contribution in [0.15, 0.2) is 40.5 Å². The summed E-state index contributed by atoms with van der Waals surface area (Å²) in [6.07, 6.45) is 6.00. The third-order valence-corrected chi connectivity index (χ3v) is 7.41. The van der Waals surface area contributed by atoms with E-state index in [2.05, 4.69) is 39.9 Å². The number of aromatic hydroxyl groups is 1. The molecule has 3 N–H and O–H groups in total. The van der Waals surface area contributed by atoms with Gasteiger partial charge in [0.05, 0.1) is 24.1 Å². The highest BCUT2D eigenvalue weighted by atomic mass is 32.2. The van der Waals surface area contributed by atoms with E-state index in [-0.39, 0.29) is 40.9 Å². The first-order valence-electron chi connectivity index (χ1n) is 11.7. The summed E-state index contributed by atoms with van der Waals surface area (Å²) in [5, 5.41) is 13.4. The highest BCUT2D eigenvalue weighted by molar-refractivity contribution is 7.89. The lowest BCUT2D eigenvalue weighted by Crippen LogP contribution is -2.27. The number of hydrogen-bond acceptors (Lipinski definition) is 11. The van der Waals surface area contributed by atoms with Crippen molar-refractivity contribution in [2.75, 3.05) is 12.4 Å². The van der Waals surface area contributed by atoms with Gasteiger partial charge in [0.1, 0.15) is 22.3 Å². The van der Waals surface area contributed by atoms with E-state index < -0.39 is 15.6 Å². The number of nitrogens with one attached hydrogen (secondary N) is 2. The van der Waals surface area contributed by atoms with Crippen LogP contribution in [0.5, 0.6) is 5.88 Å². The fourth-order valence-electron chi connectivity index (χ4n) is 3.95. The Morgan fingerprint density at radius 3 is 2.54 bits per heavy atom. The van der Waals surface area contributed by atoms with Crippen molar-refractivity contribution >= 4 is 27.0 Å². The minimum Gasteiger partial charge on any atom is -0.493 e. The van der Waals surface area contributed by atoms with Gasteiger partial charge in [0.2, 0.25) is 15.9 Å². The number of pyridine rings is 1. The van der Waals surface area contributed by atoms with Crippen LogP contribution in [0.1, 0.15) is 50.0 Å².